The van der Waals surface area contributed by atoms with Gasteiger partial charge in [0.15, 0.2) is 0 Å². The molecule has 1 aliphatic heterocycles. The topological polar surface area (TPSA) is 72.9 Å². The predicted octanol–water partition coefficient (Wildman–Crippen LogP) is 4.42. The van der Waals surface area contributed by atoms with Crippen LogP contribution in [-0.4, -0.2) is 52.7 Å². The van der Waals surface area contributed by atoms with Crippen molar-refractivity contribution in [3.8, 4) is 5.75 Å². The first-order valence-corrected chi connectivity index (χ1v) is 16.2. The van der Waals surface area contributed by atoms with Crippen LogP contribution >= 0.6 is 0 Å². The normalized spacial score (nSPS) is 14.9. The number of amides is 1. The monoisotopic (exact) mass is 591 g/mol. The van der Waals surface area contributed by atoms with Gasteiger partial charge in [0.2, 0.25) is 5.91 Å². The van der Waals surface area contributed by atoms with Crippen molar-refractivity contribution in [2.24, 2.45) is 0 Å². The predicted molar refractivity (Wildman–Crippen MR) is 150 cm³/mol. The standard InChI is InChI=1S/C29H32F3NO5SSi/c1-28(2,3)40(25-10-6-4-7-11-25,26-12-8-5-9-13-26)37-19-18-33-17-16-22-14-15-24(20-23(22)21-27(33)34)38-39(35,36)29(30,31)32/h4-15,20H,16-19,21H2,1-3H3. The van der Waals surface area contributed by atoms with Gasteiger partial charge < -0.3 is 13.5 Å². The summed E-state index contributed by atoms with van der Waals surface area (Å²) in [5, 5.41) is 2.04. The van der Waals surface area contributed by atoms with Crippen molar-refractivity contribution in [1.29, 1.82) is 0 Å². The number of carbonyl (C=O) groups excluding carboxylic acids is 1. The van der Waals surface area contributed by atoms with Gasteiger partial charge in [-0.3, -0.25) is 4.79 Å². The summed E-state index contributed by atoms with van der Waals surface area (Å²) >= 11 is 0. The maximum atomic E-state index is 13.2. The molecule has 1 aliphatic rings. The van der Waals surface area contributed by atoms with Crippen LogP contribution in [0.5, 0.6) is 5.75 Å². The zero-order chi connectivity index (χ0) is 29.2. The average molecular weight is 592 g/mol. The minimum absolute atomic E-state index is 0.0855. The Bertz CT molecular complexity index is 1400. The first-order valence-electron chi connectivity index (χ1n) is 12.9. The number of hydrogen-bond acceptors (Lipinski definition) is 5. The van der Waals surface area contributed by atoms with Crippen molar-refractivity contribution in [1.82, 2.24) is 4.90 Å². The molecule has 0 saturated heterocycles. The Morgan fingerprint density at radius 2 is 1.45 bits per heavy atom. The quantitative estimate of drug-likeness (QED) is 0.220. The molecule has 0 fully saturated rings. The molecule has 6 nitrogen and oxygen atoms in total. The van der Waals surface area contributed by atoms with Crippen LogP contribution in [0.2, 0.25) is 5.04 Å². The van der Waals surface area contributed by atoms with Crippen LogP contribution in [0.25, 0.3) is 0 Å². The average Bonchev–Trinajstić information content (AvgIpc) is 3.03. The van der Waals surface area contributed by atoms with Crippen LogP contribution in [-0.2, 0) is 32.2 Å². The molecule has 0 atom stereocenters. The van der Waals surface area contributed by atoms with Gasteiger partial charge >= 0.3 is 15.6 Å². The molecule has 0 unspecified atom stereocenters. The number of benzene rings is 3. The van der Waals surface area contributed by atoms with E-state index in [2.05, 4.69) is 49.2 Å². The number of hydrogen-bond donors (Lipinski definition) is 0. The number of halogens is 3. The van der Waals surface area contributed by atoms with E-state index in [4.69, 9.17) is 4.43 Å². The molecule has 0 radical (unpaired) electrons. The van der Waals surface area contributed by atoms with Gasteiger partial charge in [0.1, 0.15) is 5.75 Å². The maximum Gasteiger partial charge on any atom is 0.534 e. The van der Waals surface area contributed by atoms with E-state index in [0.717, 1.165) is 15.9 Å². The molecule has 0 bridgehead atoms. The maximum absolute atomic E-state index is 13.2. The highest BCUT2D eigenvalue weighted by Crippen LogP contribution is 2.37. The fraction of sp³-hybridized carbons (Fsp3) is 0.345. The van der Waals surface area contributed by atoms with Crippen molar-refractivity contribution in [3.63, 3.8) is 0 Å². The molecule has 0 spiro atoms. The summed E-state index contributed by atoms with van der Waals surface area (Å²) in [6, 6.07) is 24.2. The third-order valence-corrected chi connectivity index (χ3v) is 13.1. The highest BCUT2D eigenvalue weighted by molar-refractivity contribution is 7.88. The lowest BCUT2D eigenvalue weighted by atomic mass is 10.0. The summed E-state index contributed by atoms with van der Waals surface area (Å²) in [5.41, 5.74) is -4.35. The lowest BCUT2D eigenvalue weighted by Crippen LogP contribution is -2.67. The third kappa shape index (κ3) is 6.11. The Labute approximate surface area is 234 Å². The minimum Gasteiger partial charge on any atom is -0.406 e. The number of nitrogens with zero attached hydrogens (tertiary/aromatic N) is 1. The first-order chi connectivity index (χ1) is 18.7. The summed E-state index contributed by atoms with van der Waals surface area (Å²) in [7, 11) is -8.58. The molecule has 1 heterocycles. The Hall–Kier alpha value is -3.15. The Kier molecular flexibility index (Phi) is 8.48. The van der Waals surface area contributed by atoms with E-state index in [9.17, 15) is 26.4 Å². The number of fused-ring (bicyclic) bond motifs is 1. The number of alkyl halides is 3. The Balaban J connectivity index is 1.52. The zero-order valence-corrected chi connectivity index (χ0v) is 24.4. The molecule has 3 aromatic rings. The first kappa shape index (κ1) is 29.8. The molecule has 0 saturated carbocycles. The lowest BCUT2D eigenvalue weighted by Gasteiger charge is -2.43. The van der Waals surface area contributed by atoms with Gasteiger partial charge in [-0.1, -0.05) is 87.5 Å². The van der Waals surface area contributed by atoms with E-state index in [0.29, 0.717) is 31.7 Å². The second-order valence-corrected chi connectivity index (χ2v) is 16.6. The molecular weight excluding hydrogens is 559 g/mol. The van der Waals surface area contributed by atoms with Crippen LogP contribution in [0.15, 0.2) is 78.9 Å². The SMILES string of the molecule is CC(C)(C)[Si](OCCN1CCc2ccc(OS(=O)(=O)C(F)(F)F)cc2CC1=O)(c1ccccc1)c1ccccc1. The molecule has 3 aromatic carbocycles. The largest absolute Gasteiger partial charge is 0.534 e. The van der Waals surface area contributed by atoms with E-state index in [1.807, 2.05) is 36.4 Å². The Morgan fingerprint density at radius 1 is 0.875 bits per heavy atom. The lowest BCUT2D eigenvalue weighted by molar-refractivity contribution is -0.130. The highest BCUT2D eigenvalue weighted by Gasteiger charge is 2.50. The molecule has 40 heavy (non-hydrogen) atoms. The third-order valence-electron chi connectivity index (χ3n) is 7.11. The van der Waals surface area contributed by atoms with Crippen molar-refractivity contribution in [3.05, 3.63) is 90.0 Å². The van der Waals surface area contributed by atoms with Crippen molar-refractivity contribution in [2.45, 2.75) is 44.2 Å². The van der Waals surface area contributed by atoms with Gasteiger partial charge in [0.05, 0.1) is 13.0 Å². The van der Waals surface area contributed by atoms with E-state index >= 15 is 0 Å². The number of rotatable bonds is 8. The van der Waals surface area contributed by atoms with E-state index in [-0.39, 0.29) is 17.4 Å². The smallest absolute Gasteiger partial charge is 0.406 e. The van der Waals surface area contributed by atoms with Crippen LogP contribution in [0, 0.1) is 0 Å². The second kappa shape index (κ2) is 11.4. The second-order valence-electron chi connectivity index (χ2n) is 10.7. The summed E-state index contributed by atoms with van der Waals surface area (Å²) in [6.45, 7) is 7.55. The van der Waals surface area contributed by atoms with E-state index in [1.165, 1.54) is 18.2 Å². The number of carbonyl (C=O) groups is 1. The van der Waals surface area contributed by atoms with Crippen molar-refractivity contribution in [2.75, 3.05) is 19.7 Å². The fourth-order valence-electron chi connectivity index (χ4n) is 5.20. The van der Waals surface area contributed by atoms with Gasteiger partial charge in [-0.05, 0) is 45.1 Å². The molecule has 11 heteroatoms. The van der Waals surface area contributed by atoms with Crippen LogP contribution in [0.4, 0.5) is 13.2 Å². The molecule has 1 amide bonds. The van der Waals surface area contributed by atoms with Gasteiger partial charge in [0, 0.05) is 13.1 Å². The molecule has 0 N–H and O–H groups in total. The summed E-state index contributed by atoms with van der Waals surface area (Å²) < 4.78 is 72.2. The van der Waals surface area contributed by atoms with Gasteiger partial charge in [0.25, 0.3) is 8.32 Å². The van der Waals surface area contributed by atoms with Crippen molar-refractivity contribution < 1.29 is 35.0 Å². The van der Waals surface area contributed by atoms with Crippen molar-refractivity contribution >= 4 is 34.7 Å². The van der Waals surface area contributed by atoms with E-state index in [1.54, 1.807) is 4.90 Å². The van der Waals surface area contributed by atoms with Gasteiger partial charge in [-0.25, -0.2) is 0 Å². The summed E-state index contributed by atoms with van der Waals surface area (Å²) in [6.07, 6.45) is 0.379. The molecule has 214 valence electrons. The van der Waals surface area contributed by atoms with Crippen LogP contribution in [0.1, 0.15) is 31.9 Å². The zero-order valence-electron chi connectivity index (χ0n) is 22.6. The van der Waals surface area contributed by atoms with E-state index < -0.39 is 29.7 Å². The van der Waals surface area contributed by atoms with Gasteiger partial charge in [-0.15, -0.1) is 0 Å². The fourth-order valence-corrected chi connectivity index (χ4v) is 10.2. The van der Waals surface area contributed by atoms with Gasteiger partial charge in [-0.2, -0.15) is 21.6 Å². The van der Waals surface area contributed by atoms with Crippen LogP contribution in [0.3, 0.4) is 0 Å². The summed E-state index contributed by atoms with van der Waals surface area (Å²) in [5.74, 6) is -0.701. The highest BCUT2D eigenvalue weighted by atomic mass is 32.2. The molecule has 0 aromatic heterocycles. The molecular formula is C29H32F3NO5SSi. The molecule has 4 rings (SSSR count). The Morgan fingerprint density at radius 3 is 1.98 bits per heavy atom. The van der Waals surface area contributed by atoms with Crippen LogP contribution < -0.4 is 14.6 Å². The summed E-state index contributed by atoms with van der Waals surface area (Å²) in [4.78, 5) is 14.9. The minimum atomic E-state index is -5.80. The molecule has 0 aliphatic carbocycles.